The third-order valence-corrected chi connectivity index (χ3v) is 1.70. The van der Waals surface area contributed by atoms with E-state index in [2.05, 4.69) is 36.4 Å². The normalized spacial score (nSPS) is 11.2. The van der Waals surface area contributed by atoms with Crippen LogP contribution in [0.15, 0.2) is 4.99 Å². The summed E-state index contributed by atoms with van der Waals surface area (Å²) in [5, 5.41) is 6.42. The first-order valence-electron chi connectivity index (χ1n) is 5.80. The van der Waals surface area contributed by atoms with Crippen LogP contribution in [0.3, 0.4) is 0 Å². The Morgan fingerprint density at radius 3 is 2.44 bits per heavy atom. The van der Waals surface area contributed by atoms with E-state index in [9.17, 15) is 0 Å². The Hall–Kier alpha value is -0.0400. The minimum Gasteiger partial charge on any atom is -0.380 e. The second-order valence-electron chi connectivity index (χ2n) is 3.74. The molecule has 0 saturated carbocycles. The van der Waals surface area contributed by atoms with Crippen LogP contribution in [0.25, 0.3) is 0 Å². The summed E-state index contributed by atoms with van der Waals surface area (Å²) in [4.78, 5) is 4.45. The minimum absolute atomic E-state index is 0. The third-order valence-electron chi connectivity index (χ3n) is 1.70. The second kappa shape index (κ2) is 13.0. The van der Waals surface area contributed by atoms with Crippen LogP contribution in [0, 0.1) is 5.92 Å². The summed E-state index contributed by atoms with van der Waals surface area (Å²) < 4.78 is 5.24. The van der Waals surface area contributed by atoms with Crippen molar-refractivity contribution >= 4 is 29.9 Å². The zero-order valence-corrected chi connectivity index (χ0v) is 13.2. The highest BCUT2D eigenvalue weighted by Gasteiger charge is 1.97. The molecule has 0 bridgehead atoms. The van der Waals surface area contributed by atoms with E-state index < -0.39 is 0 Å². The van der Waals surface area contributed by atoms with Crippen molar-refractivity contribution in [2.24, 2.45) is 10.9 Å². The molecule has 0 amide bonds. The van der Waals surface area contributed by atoms with Gasteiger partial charge >= 0.3 is 0 Å². The van der Waals surface area contributed by atoms with Crippen molar-refractivity contribution in [3.63, 3.8) is 0 Å². The topological polar surface area (TPSA) is 45.7 Å². The van der Waals surface area contributed by atoms with Gasteiger partial charge in [-0.2, -0.15) is 0 Å². The van der Waals surface area contributed by atoms with Gasteiger partial charge in [0.15, 0.2) is 5.96 Å². The molecule has 0 aliphatic carbocycles. The van der Waals surface area contributed by atoms with E-state index in [0.29, 0.717) is 5.92 Å². The average Bonchev–Trinajstić information content (AvgIpc) is 2.20. The molecule has 0 aromatic rings. The summed E-state index contributed by atoms with van der Waals surface area (Å²) in [6.45, 7) is 12.4. The van der Waals surface area contributed by atoms with Crippen molar-refractivity contribution in [1.82, 2.24) is 10.6 Å². The molecule has 0 heterocycles. The number of aliphatic imine (C=N–C) groups is 1. The first kappa shape index (κ1) is 18.3. The average molecular weight is 343 g/mol. The van der Waals surface area contributed by atoms with Crippen LogP contribution in [0.5, 0.6) is 0 Å². The number of hydrogen-bond donors (Lipinski definition) is 2. The Labute approximate surface area is 117 Å². The fourth-order valence-electron chi connectivity index (χ4n) is 1.00. The van der Waals surface area contributed by atoms with Gasteiger partial charge in [-0.25, -0.2) is 0 Å². The standard InChI is InChI=1S/C11H25N3O.HI/c1-5-12-11(14-9-10(3)4)13-7-8-15-6-2;/h10H,5-9H2,1-4H3,(H2,12,13,14);1H. The van der Waals surface area contributed by atoms with E-state index >= 15 is 0 Å². The third kappa shape index (κ3) is 12.0. The maximum atomic E-state index is 5.24. The van der Waals surface area contributed by atoms with Crippen LogP contribution in [0.1, 0.15) is 27.7 Å². The van der Waals surface area contributed by atoms with Crippen molar-refractivity contribution in [2.75, 3.05) is 32.8 Å². The van der Waals surface area contributed by atoms with Crippen molar-refractivity contribution in [3.05, 3.63) is 0 Å². The Kier molecular flexibility index (Phi) is 14.9. The van der Waals surface area contributed by atoms with E-state index in [1.54, 1.807) is 0 Å². The maximum absolute atomic E-state index is 5.24. The molecule has 0 aromatic carbocycles. The molecule has 0 rings (SSSR count). The van der Waals surface area contributed by atoms with Crippen LogP contribution >= 0.6 is 24.0 Å². The highest BCUT2D eigenvalue weighted by Crippen LogP contribution is 1.90. The molecule has 5 heteroatoms. The maximum Gasteiger partial charge on any atom is 0.191 e. The van der Waals surface area contributed by atoms with E-state index in [1.807, 2.05) is 6.92 Å². The molecule has 0 aromatic heterocycles. The molecule has 0 radical (unpaired) electrons. The van der Waals surface area contributed by atoms with E-state index in [-0.39, 0.29) is 24.0 Å². The SMILES string of the molecule is CCNC(=NCC(C)C)NCCOCC.I. The van der Waals surface area contributed by atoms with Crippen molar-refractivity contribution in [3.8, 4) is 0 Å². The number of hydrogen-bond acceptors (Lipinski definition) is 2. The number of ether oxygens (including phenoxy) is 1. The molecule has 0 aliphatic heterocycles. The lowest BCUT2D eigenvalue weighted by Crippen LogP contribution is -2.39. The summed E-state index contributed by atoms with van der Waals surface area (Å²) in [5.74, 6) is 1.47. The van der Waals surface area contributed by atoms with Crippen LogP contribution in [-0.2, 0) is 4.74 Å². The van der Waals surface area contributed by atoms with E-state index in [1.165, 1.54) is 0 Å². The Bertz CT molecular complexity index is 175. The van der Waals surface area contributed by atoms with Crippen molar-refractivity contribution < 1.29 is 4.74 Å². The fraction of sp³-hybridized carbons (Fsp3) is 0.909. The summed E-state index contributed by atoms with van der Waals surface area (Å²) >= 11 is 0. The lowest BCUT2D eigenvalue weighted by atomic mass is 10.2. The number of nitrogens with one attached hydrogen (secondary N) is 2. The Morgan fingerprint density at radius 2 is 1.94 bits per heavy atom. The number of halogens is 1. The summed E-state index contributed by atoms with van der Waals surface area (Å²) in [6, 6.07) is 0. The fourth-order valence-corrected chi connectivity index (χ4v) is 1.00. The first-order chi connectivity index (χ1) is 7.20. The number of nitrogens with zero attached hydrogens (tertiary/aromatic N) is 1. The first-order valence-corrected chi connectivity index (χ1v) is 5.80. The van der Waals surface area contributed by atoms with Gasteiger partial charge in [0.25, 0.3) is 0 Å². The number of guanidine groups is 1. The van der Waals surface area contributed by atoms with Gasteiger partial charge in [-0.3, -0.25) is 4.99 Å². The zero-order chi connectivity index (χ0) is 11.5. The Morgan fingerprint density at radius 1 is 1.25 bits per heavy atom. The van der Waals surface area contributed by atoms with Crippen LogP contribution < -0.4 is 10.6 Å². The molecule has 0 saturated heterocycles. The van der Waals surface area contributed by atoms with E-state index in [4.69, 9.17) is 4.74 Å². The van der Waals surface area contributed by atoms with Gasteiger partial charge in [0.1, 0.15) is 0 Å². The molecular weight excluding hydrogens is 317 g/mol. The van der Waals surface area contributed by atoms with Crippen molar-refractivity contribution in [2.45, 2.75) is 27.7 Å². The smallest absolute Gasteiger partial charge is 0.191 e. The summed E-state index contributed by atoms with van der Waals surface area (Å²) in [7, 11) is 0. The van der Waals surface area contributed by atoms with Crippen molar-refractivity contribution in [1.29, 1.82) is 0 Å². The lowest BCUT2D eigenvalue weighted by Gasteiger charge is -2.11. The van der Waals surface area contributed by atoms with Gasteiger partial charge in [0.05, 0.1) is 6.61 Å². The molecule has 98 valence electrons. The molecule has 0 unspecified atom stereocenters. The minimum atomic E-state index is 0. The molecule has 0 fully saturated rings. The molecule has 0 aliphatic rings. The van der Waals surface area contributed by atoms with Crippen LogP contribution in [0.4, 0.5) is 0 Å². The monoisotopic (exact) mass is 343 g/mol. The summed E-state index contributed by atoms with van der Waals surface area (Å²) in [6.07, 6.45) is 0. The van der Waals surface area contributed by atoms with Gasteiger partial charge in [0.2, 0.25) is 0 Å². The molecular formula is C11H26IN3O. The van der Waals surface area contributed by atoms with Gasteiger partial charge in [-0.1, -0.05) is 13.8 Å². The van der Waals surface area contributed by atoms with Gasteiger partial charge < -0.3 is 15.4 Å². The highest BCUT2D eigenvalue weighted by molar-refractivity contribution is 14.0. The predicted molar refractivity (Wildman–Crippen MR) is 80.7 cm³/mol. The Balaban J connectivity index is 0. The molecule has 0 atom stereocenters. The predicted octanol–water partition coefficient (Wildman–Crippen LogP) is 1.85. The largest absolute Gasteiger partial charge is 0.380 e. The van der Waals surface area contributed by atoms with Crippen LogP contribution in [-0.4, -0.2) is 38.8 Å². The molecule has 16 heavy (non-hydrogen) atoms. The quantitative estimate of drug-likeness (QED) is 0.321. The molecule has 2 N–H and O–H groups in total. The van der Waals surface area contributed by atoms with Gasteiger partial charge in [-0.05, 0) is 19.8 Å². The lowest BCUT2D eigenvalue weighted by molar-refractivity contribution is 0.152. The van der Waals surface area contributed by atoms with Gasteiger partial charge in [-0.15, -0.1) is 24.0 Å². The highest BCUT2D eigenvalue weighted by atomic mass is 127. The summed E-state index contributed by atoms with van der Waals surface area (Å²) in [5.41, 5.74) is 0. The second-order valence-corrected chi connectivity index (χ2v) is 3.74. The van der Waals surface area contributed by atoms with E-state index in [0.717, 1.165) is 38.8 Å². The zero-order valence-electron chi connectivity index (χ0n) is 10.9. The molecule has 0 spiro atoms. The molecule has 4 nitrogen and oxygen atoms in total. The van der Waals surface area contributed by atoms with Gasteiger partial charge in [0, 0.05) is 26.2 Å². The number of rotatable bonds is 7. The van der Waals surface area contributed by atoms with Crippen LogP contribution in [0.2, 0.25) is 0 Å².